The minimum atomic E-state index is -0.449. The fourth-order valence-electron chi connectivity index (χ4n) is 1.82. The number of aromatic nitrogens is 3. The SMILES string of the molecule is COC(=O)c1ccccc1N(C)c1nc(OC)nc(OC)n1. The largest absolute Gasteiger partial charge is 0.467 e. The number of para-hydroxylation sites is 1. The van der Waals surface area contributed by atoms with Gasteiger partial charge in [0.1, 0.15) is 0 Å². The molecule has 2 rings (SSSR count). The minimum Gasteiger partial charge on any atom is -0.467 e. The van der Waals surface area contributed by atoms with Crippen LogP contribution < -0.4 is 14.4 Å². The molecule has 0 atom stereocenters. The first kappa shape index (κ1) is 15.5. The van der Waals surface area contributed by atoms with Crippen LogP contribution in [0.2, 0.25) is 0 Å². The molecule has 8 nitrogen and oxygen atoms in total. The molecule has 1 heterocycles. The molecule has 0 radical (unpaired) electrons. The zero-order chi connectivity index (χ0) is 16.1. The first-order valence-corrected chi connectivity index (χ1v) is 6.35. The van der Waals surface area contributed by atoms with Crippen LogP contribution in [-0.4, -0.2) is 49.3 Å². The van der Waals surface area contributed by atoms with Gasteiger partial charge in [0.05, 0.1) is 32.6 Å². The van der Waals surface area contributed by atoms with E-state index in [1.165, 1.54) is 21.3 Å². The first-order valence-electron chi connectivity index (χ1n) is 6.35. The van der Waals surface area contributed by atoms with E-state index in [9.17, 15) is 4.79 Å². The van der Waals surface area contributed by atoms with Crippen LogP contribution in [-0.2, 0) is 4.74 Å². The highest BCUT2D eigenvalue weighted by Crippen LogP contribution is 2.26. The molecule has 0 spiro atoms. The van der Waals surface area contributed by atoms with E-state index in [0.29, 0.717) is 11.3 Å². The van der Waals surface area contributed by atoms with Crippen molar-refractivity contribution in [1.82, 2.24) is 15.0 Å². The van der Waals surface area contributed by atoms with E-state index in [0.717, 1.165) is 0 Å². The van der Waals surface area contributed by atoms with E-state index in [1.54, 1.807) is 36.2 Å². The average molecular weight is 304 g/mol. The summed E-state index contributed by atoms with van der Waals surface area (Å²) in [6, 6.07) is 7.20. The molecule has 0 amide bonds. The van der Waals surface area contributed by atoms with Crippen molar-refractivity contribution in [1.29, 1.82) is 0 Å². The van der Waals surface area contributed by atoms with Gasteiger partial charge in [-0.3, -0.25) is 0 Å². The lowest BCUT2D eigenvalue weighted by atomic mass is 10.1. The second-order valence-electron chi connectivity index (χ2n) is 4.18. The van der Waals surface area contributed by atoms with Crippen molar-refractivity contribution in [3.05, 3.63) is 29.8 Å². The third kappa shape index (κ3) is 3.05. The monoisotopic (exact) mass is 304 g/mol. The quantitative estimate of drug-likeness (QED) is 0.767. The first-order chi connectivity index (χ1) is 10.6. The highest BCUT2D eigenvalue weighted by atomic mass is 16.5. The molecular weight excluding hydrogens is 288 g/mol. The Morgan fingerprint density at radius 1 is 1.00 bits per heavy atom. The molecule has 22 heavy (non-hydrogen) atoms. The van der Waals surface area contributed by atoms with Crippen molar-refractivity contribution in [2.75, 3.05) is 33.3 Å². The molecule has 0 unspecified atom stereocenters. The van der Waals surface area contributed by atoms with Crippen molar-refractivity contribution < 1.29 is 19.0 Å². The molecule has 0 saturated carbocycles. The van der Waals surface area contributed by atoms with Crippen molar-refractivity contribution in [2.45, 2.75) is 0 Å². The van der Waals surface area contributed by atoms with Crippen LogP contribution in [0.1, 0.15) is 10.4 Å². The lowest BCUT2D eigenvalue weighted by Crippen LogP contribution is -2.18. The Kier molecular flexibility index (Phi) is 4.72. The summed E-state index contributed by atoms with van der Waals surface area (Å²) in [4.78, 5) is 25.7. The Bertz CT molecular complexity index is 655. The van der Waals surface area contributed by atoms with Gasteiger partial charge in [0, 0.05) is 7.05 Å². The van der Waals surface area contributed by atoms with E-state index in [4.69, 9.17) is 14.2 Å². The standard InChI is InChI=1S/C14H16N4O4/c1-18(10-8-6-5-7-9(10)11(19)20-2)12-15-13(21-3)17-14(16-12)22-4/h5-8H,1-4H3. The lowest BCUT2D eigenvalue weighted by molar-refractivity contribution is 0.0601. The van der Waals surface area contributed by atoms with Crippen LogP contribution in [0.25, 0.3) is 0 Å². The van der Waals surface area contributed by atoms with Gasteiger partial charge in [-0.05, 0) is 12.1 Å². The summed E-state index contributed by atoms with van der Waals surface area (Å²) < 4.78 is 14.8. The summed E-state index contributed by atoms with van der Waals surface area (Å²) in [5.41, 5.74) is 0.982. The number of benzene rings is 1. The second-order valence-corrected chi connectivity index (χ2v) is 4.18. The van der Waals surface area contributed by atoms with E-state index in [1.807, 2.05) is 0 Å². The summed E-state index contributed by atoms with van der Waals surface area (Å²) in [7, 11) is 5.94. The average Bonchev–Trinajstić information content (AvgIpc) is 2.59. The smallest absolute Gasteiger partial charge is 0.339 e. The molecule has 1 aromatic heterocycles. The van der Waals surface area contributed by atoms with Crippen LogP contribution in [0.15, 0.2) is 24.3 Å². The number of esters is 1. The predicted octanol–water partition coefficient (Wildman–Crippen LogP) is 1.44. The van der Waals surface area contributed by atoms with E-state index >= 15 is 0 Å². The fourth-order valence-corrected chi connectivity index (χ4v) is 1.82. The molecule has 2 aromatic rings. The maximum absolute atomic E-state index is 11.9. The number of hydrogen-bond acceptors (Lipinski definition) is 8. The molecular formula is C14H16N4O4. The highest BCUT2D eigenvalue weighted by molar-refractivity contribution is 5.96. The number of anilines is 2. The molecule has 0 aliphatic carbocycles. The van der Waals surface area contributed by atoms with Crippen molar-refractivity contribution in [3.63, 3.8) is 0 Å². The van der Waals surface area contributed by atoms with Gasteiger partial charge in [0.25, 0.3) is 0 Å². The highest BCUT2D eigenvalue weighted by Gasteiger charge is 2.18. The third-order valence-electron chi connectivity index (χ3n) is 2.92. The Morgan fingerprint density at radius 3 is 2.14 bits per heavy atom. The maximum Gasteiger partial charge on any atom is 0.339 e. The molecule has 116 valence electrons. The van der Waals surface area contributed by atoms with Crippen molar-refractivity contribution >= 4 is 17.6 Å². The minimum absolute atomic E-state index is 0.115. The normalized spacial score (nSPS) is 10.0. The lowest BCUT2D eigenvalue weighted by Gasteiger charge is -2.20. The third-order valence-corrected chi connectivity index (χ3v) is 2.92. The Morgan fingerprint density at radius 2 is 1.59 bits per heavy atom. The van der Waals surface area contributed by atoms with Gasteiger partial charge in [-0.15, -0.1) is 4.98 Å². The van der Waals surface area contributed by atoms with Gasteiger partial charge in [-0.1, -0.05) is 12.1 Å². The van der Waals surface area contributed by atoms with Crippen LogP contribution in [0.3, 0.4) is 0 Å². The summed E-state index contributed by atoms with van der Waals surface area (Å²) in [6.45, 7) is 0. The van der Waals surface area contributed by atoms with Crippen molar-refractivity contribution in [2.24, 2.45) is 0 Å². The zero-order valence-corrected chi connectivity index (χ0v) is 12.7. The number of hydrogen-bond donors (Lipinski definition) is 0. The topological polar surface area (TPSA) is 86.7 Å². The van der Waals surface area contributed by atoms with Gasteiger partial charge in [-0.25, -0.2) is 4.79 Å². The number of methoxy groups -OCH3 is 3. The molecule has 0 bridgehead atoms. The number of nitrogens with zero attached hydrogens (tertiary/aromatic N) is 4. The maximum atomic E-state index is 11.9. The number of rotatable bonds is 5. The Labute approximate surface area is 127 Å². The molecule has 0 aliphatic heterocycles. The summed E-state index contributed by atoms with van der Waals surface area (Å²) in [5, 5.41) is 0. The van der Waals surface area contributed by atoms with Gasteiger partial charge >= 0.3 is 18.0 Å². The van der Waals surface area contributed by atoms with E-state index in [-0.39, 0.29) is 18.0 Å². The second kappa shape index (κ2) is 6.70. The predicted molar refractivity (Wildman–Crippen MR) is 78.8 cm³/mol. The molecule has 0 N–H and O–H groups in total. The summed E-state index contributed by atoms with van der Waals surface area (Å²) in [6.07, 6.45) is 0. The summed E-state index contributed by atoms with van der Waals surface area (Å²) in [5.74, 6) is -0.171. The number of carbonyl (C=O) groups excluding carboxylic acids is 1. The van der Waals surface area contributed by atoms with Crippen LogP contribution in [0.5, 0.6) is 12.0 Å². The van der Waals surface area contributed by atoms with Gasteiger partial charge < -0.3 is 19.1 Å². The number of ether oxygens (including phenoxy) is 3. The fraction of sp³-hybridized carbons (Fsp3) is 0.286. The van der Waals surface area contributed by atoms with Gasteiger partial charge in [0.15, 0.2) is 0 Å². The van der Waals surface area contributed by atoms with Crippen LogP contribution >= 0.6 is 0 Å². The molecule has 0 aliphatic rings. The Hall–Kier alpha value is -2.90. The van der Waals surface area contributed by atoms with Gasteiger partial charge in [-0.2, -0.15) is 9.97 Å². The Balaban J connectivity index is 2.48. The van der Waals surface area contributed by atoms with Gasteiger partial charge in [0.2, 0.25) is 5.95 Å². The summed E-state index contributed by atoms with van der Waals surface area (Å²) >= 11 is 0. The molecule has 0 fully saturated rings. The van der Waals surface area contributed by atoms with E-state index < -0.39 is 5.97 Å². The molecule has 8 heteroatoms. The van der Waals surface area contributed by atoms with Crippen LogP contribution in [0, 0.1) is 0 Å². The molecule has 1 aromatic carbocycles. The number of carbonyl (C=O) groups is 1. The zero-order valence-electron chi connectivity index (χ0n) is 12.7. The van der Waals surface area contributed by atoms with Crippen molar-refractivity contribution in [3.8, 4) is 12.0 Å². The molecule has 0 saturated heterocycles. The van der Waals surface area contributed by atoms with Crippen LogP contribution in [0.4, 0.5) is 11.6 Å². The van der Waals surface area contributed by atoms with E-state index in [2.05, 4.69) is 15.0 Å².